The zero-order valence-electron chi connectivity index (χ0n) is 10.4. The molecule has 0 saturated carbocycles. The summed E-state index contributed by atoms with van der Waals surface area (Å²) in [7, 11) is 0. The molecule has 1 fully saturated rings. The molecule has 1 amide bonds. The van der Waals surface area contributed by atoms with E-state index in [2.05, 4.69) is 10.3 Å². The van der Waals surface area contributed by atoms with E-state index in [-0.39, 0.29) is 12.5 Å². The van der Waals surface area contributed by atoms with E-state index in [9.17, 15) is 4.79 Å². The van der Waals surface area contributed by atoms with Gasteiger partial charge in [-0.05, 0) is 18.6 Å². The van der Waals surface area contributed by atoms with Crippen LogP contribution in [0, 0.1) is 0 Å². The zero-order valence-corrected chi connectivity index (χ0v) is 10.4. The molecular formula is C14H15N3O2. The number of ether oxygens (including phenoxy) is 1. The van der Waals surface area contributed by atoms with Crippen LogP contribution in [0.2, 0.25) is 0 Å². The fraction of sp³-hybridized carbons (Fsp3) is 0.286. The average Bonchev–Trinajstić information content (AvgIpc) is 2.87. The maximum absolute atomic E-state index is 12.2. The van der Waals surface area contributed by atoms with E-state index in [1.54, 1.807) is 12.4 Å². The minimum Gasteiger partial charge on any atom is -0.379 e. The summed E-state index contributed by atoms with van der Waals surface area (Å²) in [5, 5.41) is 4.83. The summed E-state index contributed by atoms with van der Waals surface area (Å²) in [4.78, 5) is 16.3. The molecule has 2 heterocycles. The van der Waals surface area contributed by atoms with Crippen LogP contribution in [0.25, 0.3) is 10.8 Å². The number of fused-ring (bicyclic) bond motifs is 1. The third-order valence-corrected chi connectivity index (χ3v) is 3.43. The lowest BCUT2D eigenvalue weighted by Crippen LogP contribution is -2.51. The number of nitrogens with one attached hydrogen (secondary N) is 1. The standard InChI is InChI=1S/C14H15N3O2/c15-14(5-7-19-9-14)13(18)17-12-3-1-2-10-8-16-6-4-11(10)12/h1-4,6,8H,5,7,9,15H2,(H,17,18). The lowest BCUT2D eigenvalue weighted by Gasteiger charge is -2.21. The van der Waals surface area contributed by atoms with Crippen molar-refractivity contribution in [2.24, 2.45) is 5.73 Å². The van der Waals surface area contributed by atoms with Gasteiger partial charge in [-0.3, -0.25) is 9.78 Å². The van der Waals surface area contributed by atoms with Gasteiger partial charge in [0.05, 0.1) is 6.61 Å². The highest BCUT2D eigenvalue weighted by Crippen LogP contribution is 2.24. The first-order valence-electron chi connectivity index (χ1n) is 6.20. The minimum absolute atomic E-state index is 0.200. The van der Waals surface area contributed by atoms with Crippen LogP contribution >= 0.6 is 0 Å². The van der Waals surface area contributed by atoms with Crippen LogP contribution in [-0.4, -0.2) is 29.6 Å². The van der Waals surface area contributed by atoms with Gasteiger partial charge in [-0.1, -0.05) is 12.1 Å². The molecule has 19 heavy (non-hydrogen) atoms. The Labute approximate surface area is 110 Å². The van der Waals surface area contributed by atoms with Crippen LogP contribution in [0.4, 0.5) is 5.69 Å². The first kappa shape index (κ1) is 12.1. The number of anilines is 1. The van der Waals surface area contributed by atoms with Crippen LogP contribution in [-0.2, 0) is 9.53 Å². The third-order valence-electron chi connectivity index (χ3n) is 3.43. The lowest BCUT2D eigenvalue weighted by atomic mass is 9.99. The molecule has 1 aliphatic heterocycles. The van der Waals surface area contributed by atoms with E-state index in [1.165, 1.54) is 0 Å². The maximum atomic E-state index is 12.2. The van der Waals surface area contributed by atoms with Gasteiger partial charge in [0.25, 0.3) is 0 Å². The van der Waals surface area contributed by atoms with Crippen molar-refractivity contribution in [1.82, 2.24) is 4.98 Å². The highest BCUT2D eigenvalue weighted by Gasteiger charge is 2.38. The number of carbonyl (C=O) groups excluding carboxylic acids is 1. The van der Waals surface area contributed by atoms with Gasteiger partial charge < -0.3 is 15.8 Å². The quantitative estimate of drug-likeness (QED) is 0.850. The molecule has 1 unspecified atom stereocenters. The molecule has 0 aliphatic carbocycles. The van der Waals surface area contributed by atoms with Gasteiger partial charge in [-0.25, -0.2) is 0 Å². The normalized spacial score (nSPS) is 22.6. The summed E-state index contributed by atoms with van der Waals surface area (Å²) in [5.41, 5.74) is 5.88. The fourth-order valence-electron chi connectivity index (χ4n) is 2.24. The van der Waals surface area contributed by atoms with E-state index in [4.69, 9.17) is 10.5 Å². The number of nitrogens with zero attached hydrogens (tertiary/aromatic N) is 1. The fourth-order valence-corrected chi connectivity index (χ4v) is 2.24. The smallest absolute Gasteiger partial charge is 0.246 e. The molecule has 5 heteroatoms. The lowest BCUT2D eigenvalue weighted by molar-refractivity contribution is -0.121. The van der Waals surface area contributed by atoms with Crippen LogP contribution in [0.1, 0.15) is 6.42 Å². The Morgan fingerprint density at radius 1 is 1.42 bits per heavy atom. The monoisotopic (exact) mass is 257 g/mol. The van der Waals surface area contributed by atoms with Crippen molar-refractivity contribution in [1.29, 1.82) is 0 Å². The Kier molecular flexibility index (Phi) is 2.93. The van der Waals surface area contributed by atoms with Crippen LogP contribution in [0.3, 0.4) is 0 Å². The van der Waals surface area contributed by atoms with Gasteiger partial charge in [0.2, 0.25) is 5.91 Å². The van der Waals surface area contributed by atoms with Crippen LogP contribution in [0.15, 0.2) is 36.7 Å². The number of aromatic nitrogens is 1. The topological polar surface area (TPSA) is 77.2 Å². The van der Waals surface area contributed by atoms with Crippen molar-refractivity contribution in [3.63, 3.8) is 0 Å². The van der Waals surface area contributed by atoms with Gasteiger partial charge in [0.15, 0.2) is 0 Å². The van der Waals surface area contributed by atoms with E-state index in [0.29, 0.717) is 13.0 Å². The van der Waals surface area contributed by atoms with Gasteiger partial charge in [0, 0.05) is 35.5 Å². The number of hydrogen-bond acceptors (Lipinski definition) is 4. The van der Waals surface area contributed by atoms with Gasteiger partial charge in [-0.2, -0.15) is 0 Å². The summed E-state index contributed by atoms with van der Waals surface area (Å²) in [6.07, 6.45) is 4.02. The number of amides is 1. The maximum Gasteiger partial charge on any atom is 0.246 e. The summed E-state index contributed by atoms with van der Waals surface area (Å²) < 4.78 is 5.21. The number of hydrogen-bond donors (Lipinski definition) is 2. The Hall–Kier alpha value is -1.98. The van der Waals surface area contributed by atoms with Gasteiger partial charge in [-0.15, -0.1) is 0 Å². The van der Waals surface area contributed by atoms with Gasteiger partial charge >= 0.3 is 0 Å². The van der Waals surface area contributed by atoms with E-state index < -0.39 is 5.54 Å². The molecule has 1 aromatic heterocycles. The SMILES string of the molecule is NC1(C(=O)Nc2cccc3cnccc23)CCOC1. The second-order valence-corrected chi connectivity index (χ2v) is 4.82. The molecular weight excluding hydrogens is 242 g/mol. The minimum atomic E-state index is -0.921. The largest absolute Gasteiger partial charge is 0.379 e. The van der Waals surface area contributed by atoms with Crippen molar-refractivity contribution >= 4 is 22.4 Å². The Balaban J connectivity index is 1.91. The molecule has 1 saturated heterocycles. The summed E-state index contributed by atoms with van der Waals surface area (Å²) in [6, 6.07) is 7.57. The predicted octanol–water partition coefficient (Wildman–Crippen LogP) is 1.29. The molecule has 5 nitrogen and oxygen atoms in total. The van der Waals surface area contributed by atoms with Crippen molar-refractivity contribution in [3.05, 3.63) is 36.7 Å². The second kappa shape index (κ2) is 4.60. The first-order chi connectivity index (χ1) is 9.19. The number of pyridine rings is 1. The molecule has 1 aromatic carbocycles. The van der Waals surface area contributed by atoms with E-state index in [1.807, 2.05) is 24.3 Å². The Morgan fingerprint density at radius 2 is 2.32 bits per heavy atom. The molecule has 3 N–H and O–H groups in total. The zero-order chi connectivity index (χ0) is 13.3. The number of rotatable bonds is 2. The van der Waals surface area contributed by atoms with Crippen molar-refractivity contribution in [3.8, 4) is 0 Å². The molecule has 98 valence electrons. The number of benzene rings is 1. The molecule has 2 aromatic rings. The summed E-state index contributed by atoms with van der Waals surface area (Å²) >= 11 is 0. The van der Waals surface area contributed by atoms with Crippen LogP contribution in [0.5, 0.6) is 0 Å². The highest BCUT2D eigenvalue weighted by molar-refractivity contribution is 6.05. The predicted molar refractivity (Wildman–Crippen MR) is 72.7 cm³/mol. The van der Waals surface area contributed by atoms with Crippen molar-refractivity contribution in [2.45, 2.75) is 12.0 Å². The number of carbonyl (C=O) groups is 1. The number of nitrogens with two attached hydrogens (primary N) is 1. The molecule has 1 aliphatic rings. The highest BCUT2D eigenvalue weighted by atomic mass is 16.5. The van der Waals surface area contributed by atoms with E-state index in [0.717, 1.165) is 16.5 Å². The molecule has 3 rings (SSSR count). The molecule has 0 radical (unpaired) electrons. The molecule has 0 bridgehead atoms. The van der Waals surface area contributed by atoms with Gasteiger partial charge in [0.1, 0.15) is 5.54 Å². The van der Waals surface area contributed by atoms with Crippen LogP contribution < -0.4 is 11.1 Å². The summed E-state index contributed by atoms with van der Waals surface area (Å²) in [5.74, 6) is -0.200. The Bertz CT molecular complexity index is 616. The average molecular weight is 257 g/mol. The summed E-state index contributed by atoms with van der Waals surface area (Å²) in [6.45, 7) is 0.800. The second-order valence-electron chi connectivity index (χ2n) is 4.82. The third kappa shape index (κ3) is 2.18. The Morgan fingerprint density at radius 3 is 3.11 bits per heavy atom. The van der Waals surface area contributed by atoms with E-state index >= 15 is 0 Å². The molecule has 0 spiro atoms. The molecule has 1 atom stereocenters. The van der Waals surface area contributed by atoms with Crippen molar-refractivity contribution < 1.29 is 9.53 Å². The first-order valence-corrected chi connectivity index (χ1v) is 6.20. The van der Waals surface area contributed by atoms with Crippen molar-refractivity contribution in [2.75, 3.05) is 18.5 Å².